The van der Waals surface area contributed by atoms with Crippen LogP contribution in [0.1, 0.15) is 55.0 Å². The second-order valence-corrected chi connectivity index (χ2v) is 5.11. The Kier molecular flexibility index (Phi) is 5.02. The fourth-order valence-electron chi connectivity index (χ4n) is 2.71. The number of rotatable bonds is 6. The van der Waals surface area contributed by atoms with E-state index in [1.807, 2.05) is 7.05 Å². The first-order valence-corrected chi connectivity index (χ1v) is 7.60. The van der Waals surface area contributed by atoms with Gasteiger partial charge in [0.15, 0.2) is 0 Å². The molecule has 1 N–H and O–H groups in total. The van der Waals surface area contributed by atoms with E-state index in [-0.39, 0.29) is 6.04 Å². The van der Waals surface area contributed by atoms with Gasteiger partial charge in [0.1, 0.15) is 11.5 Å². The van der Waals surface area contributed by atoms with Crippen LogP contribution in [0, 0.1) is 0 Å². The number of benzene rings is 1. The molecule has 1 atom stereocenters. The van der Waals surface area contributed by atoms with Crippen molar-refractivity contribution in [2.75, 3.05) is 7.05 Å². The van der Waals surface area contributed by atoms with Crippen molar-refractivity contribution in [2.24, 2.45) is 0 Å². The van der Waals surface area contributed by atoms with Gasteiger partial charge >= 0.3 is 0 Å². The van der Waals surface area contributed by atoms with Crippen molar-refractivity contribution in [3.8, 4) is 0 Å². The van der Waals surface area contributed by atoms with Crippen molar-refractivity contribution in [3.05, 3.63) is 58.5 Å². The molecule has 1 aromatic carbocycles. The molecule has 1 unspecified atom stereocenters. The van der Waals surface area contributed by atoms with Crippen LogP contribution in [0.3, 0.4) is 0 Å². The van der Waals surface area contributed by atoms with Gasteiger partial charge < -0.3 is 9.73 Å². The lowest BCUT2D eigenvalue weighted by molar-refractivity contribution is 0.434. The van der Waals surface area contributed by atoms with Crippen LogP contribution >= 0.6 is 0 Å². The zero-order valence-electron chi connectivity index (χ0n) is 13.0. The minimum Gasteiger partial charge on any atom is -0.464 e. The number of aryl methyl sites for hydroxylation is 3. The van der Waals surface area contributed by atoms with Gasteiger partial charge in [0, 0.05) is 6.42 Å². The fourth-order valence-corrected chi connectivity index (χ4v) is 2.71. The van der Waals surface area contributed by atoms with E-state index in [2.05, 4.69) is 56.4 Å². The highest BCUT2D eigenvalue weighted by Crippen LogP contribution is 2.26. The highest BCUT2D eigenvalue weighted by molar-refractivity contribution is 5.36. The molecule has 0 aliphatic rings. The summed E-state index contributed by atoms with van der Waals surface area (Å²) in [5, 5.41) is 3.37. The Bertz CT molecular complexity index is 556. The average molecular weight is 271 g/mol. The average Bonchev–Trinajstić information content (AvgIpc) is 2.96. The molecule has 0 amide bonds. The van der Waals surface area contributed by atoms with Crippen LogP contribution in [0.15, 0.2) is 34.7 Å². The monoisotopic (exact) mass is 271 g/mol. The molecule has 1 heterocycles. The third kappa shape index (κ3) is 2.96. The molecular weight excluding hydrogens is 246 g/mol. The molecule has 2 heteroatoms. The smallest absolute Gasteiger partial charge is 0.125 e. The first-order valence-electron chi connectivity index (χ1n) is 7.60. The van der Waals surface area contributed by atoms with Crippen LogP contribution in [0.5, 0.6) is 0 Å². The summed E-state index contributed by atoms with van der Waals surface area (Å²) in [4.78, 5) is 0. The minimum absolute atomic E-state index is 0.131. The van der Waals surface area contributed by atoms with Gasteiger partial charge in [0.2, 0.25) is 0 Å². The Balaban J connectivity index is 2.36. The molecule has 2 aromatic rings. The Morgan fingerprint density at radius 2 is 1.70 bits per heavy atom. The second-order valence-electron chi connectivity index (χ2n) is 5.11. The van der Waals surface area contributed by atoms with E-state index in [0.29, 0.717) is 0 Å². The van der Waals surface area contributed by atoms with Crippen molar-refractivity contribution in [3.63, 3.8) is 0 Å². The molecule has 0 aliphatic heterocycles. The first kappa shape index (κ1) is 14.9. The third-order valence-corrected chi connectivity index (χ3v) is 3.93. The highest BCUT2D eigenvalue weighted by Gasteiger charge is 2.16. The minimum atomic E-state index is 0.131. The standard InChI is InChI=1S/C18H25NO/c1-5-13-8-9-15(12-14(13)6-2)18(19-4)17-11-10-16(7-3)20-17/h8-12,18-19H,5-7H2,1-4H3. The molecule has 0 fully saturated rings. The van der Waals surface area contributed by atoms with Gasteiger partial charge in [-0.05, 0) is 48.7 Å². The maximum atomic E-state index is 5.91. The zero-order valence-corrected chi connectivity index (χ0v) is 13.0. The van der Waals surface area contributed by atoms with Crippen LogP contribution in [0.4, 0.5) is 0 Å². The van der Waals surface area contributed by atoms with Gasteiger partial charge in [0.25, 0.3) is 0 Å². The van der Waals surface area contributed by atoms with E-state index in [4.69, 9.17) is 4.42 Å². The topological polar surface area (TPSA) is 25.2 Å². The quantitative estimate of drug-likeness (QED) is 0.848. The van der Waals surface area contributed by atoms with E-state index >= 15 is 0 Å². The molecule has 0 spiro atoms. The van der Waals surface area contributed by atoms with Crippen molar-refractivity contribution < 1.29 is 4.42 Å². The summed E-state index contributed by atoms with van der Waals surface area (Å²) in [7, 11) is 1.98. The summed E-state index contributed by atoms with van der Waals surface area (Å²) in [5.41, 5.74) is 4.16. The summed E-state index contributed by atoms with van der Waals surface area (Å²) in [6.45, 7) is 6.54. The summed E-state index contributed by atoms with van der Waals surface area (Å²) in [5.74, 6) is 2.04. The number of hydrogen-bond donors (Lipinski definition) is 1. The van der Waals surface area contributed by atoms with Crippen molar-refractivity contribution in [1.29, 1.82) is 0 Å². The van der Waals surface area contributed by atoms with Gasteiger partial charge in [-0.2, -0.15) is 0 Å². The fraction of sp³-hybridized carbons (Fsp3) is 0.444. The van der Waals surface area contributed by atoms with Crippen molar-refractivity contribution in [2.45, 2.75) is 46.1 Å². The van der Waals surface area contributed by atoms with Gasteiger partial charge in [-0.25, -0.2) is 0 Å². The van der Waals surface area contributed by atoms with Crippen molar-refractivity contribution >= 4 is 0 Å². The van der Waals surface area contributed by atoms with Crippen LogP contribution in [0.25, 0.3) is 0 Å². The SMILES string of the molecule is CCc1ccc(C(NC)c2ccc(CC)c(CC)c2)o1. The van der Waals surface area contributed by atoms with E-state index < -0.39 is 0 Å². The summed E-state index contributed by atoms with van der Waals surface area (Å²) < 4.78 is 5.91. The maximum Gasteiger partial charge on any atom is 0.125 e. The van der Waals surface area contributed by atoms with E-state index in [0.717, 1.165) is 30.8 Å². The molecule has 2 rings (SSSR count). The largest absolute Gasteiger partial charge is 0.464 e. The van der Waals surface area contributed by atoms with E-state index in [1.54, 1.807) is 0 Å². The summed E-state index contributed by atoms with van der Waals surface area (Å²) in [6.07, 6.45) is 3.10. The third-order valence-electron chi connectivity index (χ3n) is 3.93. The second kappa shape index (κ2) is 6.76. The lowest BCUT2D eigenvalue weighted by Gasteiger charge is -2.17. The molecule has 0 radical (unpaired) electrons. The molecule has 0 saturated heterocycles. The Morgan fingerprint density at radius 3 is 2.25 bits per heavy atom. The predicted octanol–water partition coefficient (Wildman–Crippen LogP) is 4.28. The lowest BCUT2D eigenvalue weighted by Crippen LogP contribution is -2.17. The summed E-state index contributed by atoms with van der Waals surface area (Å²) >= 11 is 0. The van der Waals surface area contributed by atoms with Crippen LogP contribution in [-0.2, 0) is 19.3 Å². The molecule has 2 nitrogen and oxygen atoms in total. The van der Waals surface area contributed by atoms with E-state index in [9.17, 15) is 0 Å². The van der Waals surface area contributed by atoms with Gasteiger partial charge in [-0.15, -0.1) is 0 Å². The predicted molar refractivity (Wildman–Crippen MR) is 84.2 cm³/mol. The summed E-state index contributed by atoms with van der Waals surface area (Å²) in [6, 6.07) is 11.1. The Labute approximate surface area is 122 Å². The van der Waals surface area contributed by atoms with Crippen LogP contribution < -0.4 is 5.32 Å². The zero-order chi connectivity index (χ0) is 14.5. The van der Waals surface area contributed by atoms with Gasteiger partial charge in [0.05, 0.1) is 6.04 Å². The number of nitrogens with one attached hydrogen (secondary N) is 1. The number of furan rings is 1. The normalized spacial score (nSPS) is 12.6. The first-order chi connectivity index (χ1) is 9.73. The maximum absolute atomic E-state index is 5.91. The Hall–Kier alpha value is -1.54. The molecule has 108 valence electrons. The number of hydrogen-bond acceptors (Lipinski definition) is 2. The molecule has 1 aromatic heterocycles. The molecule has 0 saturated carbocycles. The van der Waals surface area contributed by atoms with Gasteiger partial charge in [-0.3, -0.25) is 0 Å². The molecule has 20 heavy (non-hydrogen) atoms. The molecule has 0 aliphatic carbocycles. The molecule has 0 bridgehead atoms. The lowest BCUT2D eigenvalue weighted by atomic mass is 9.96. The molecular formula is C18H25NO. The van der Waals surface area contributed by atoms with Crippen LogP contribution in [-0.4, -0.2) is 7.05 Å². The van der Waals surface area contributed by atoms with Crippen molar-refractivity contribution in [1.82, 2.24) is 5.32 Å². The van der Waals surface area contributed by atoms with E-state index in [1.165, 1.54) is 16.7 Å². The Morgan fingerprint density at radius 1 is 0.950 bits per heavy atom. The van der Waals surface area contributed by atoms with Gasteiger partial charge in [-0.1, -0.05) is 39.0 Å². The van der Waals surface area contributed by atoms with Crippen LogP contribution in [0.2, 0.25) is 0 Å². The highest BCUT2D eigenvalue weighted by atomic mass is 16.3.